The third-order valence-corrected chi connectivity index (χ3v) is 3.77. The van der Waals surface area contributed by atoms with E-state index in [0.717, 1.165) is 22.3 Å². The lowest BCUT2D eigenvalue weighted by Gasteiger charge is -2.08. The summed E-state index contributed by atoms with van der Waals surface area (Å²) >= 11 is 3.43. The number of hydrogen-bond acceptors (Lipinski definition) is 3. The summed E-state index contributed by atoms with van der Waals surface area (Å²) in [5.74, 6) is 0. The monoisotopic (exact) mass is 342 g/mol. The molecule has 0 aliphatic rings. The summed E-state index contributed by atoms with van der Waals surface area (Å²) in [4.78, 5) is 1.61. The SMILES string of the molecule is NC(Cc1ccc(Br)cc1)c1cnn(-c2ccccc2)n1. The fourth-order valence-corrected chi connectivity index (χ4v) is 2.37. The molecule has 0 fully saturated rings. The molecule has 4 nitrogen and oxygen atoms in total. The summed E-state index contributed by atoms with van der Waals surface area (Å²) in [5, 5.41) is 8.75. The number of nitrogens with zero attached hydrogens (tertiary/aromatic N) is 3. The van der Waals surface area contributed by atoms with Crippen LogP contribution in [0.5, 0.6) is 0 Å². The highest BCUT2D eigenvalue weighted by atomic mass is 79.9. The van der Waals surface area contributed by atoms with Crippen molar-refractivity contribution in [2.24, 2.45) is 5.73 Å². The van der Waals surface area contributed by atoms with Crippen LogP contribution < -0.4 is 5.73 Å². The molecule has 0 radical (unpaired) electrons. The van der Waals surface area contributed by atoms with Crippen LogP contribution in [0.4, 0.5) is 0 Å². The summed E-state index contributed by atoms with van der Waals surface area (Å²) in [6.45, 7) is 0. The molecule has 0 aliphatic carbocycles. The highest BCUT2D eigenvalue weighted by Gasteiger charge is 2.12. The molecule has 2 aromatic carbocycles. The third-order valence-electron chi connectivity index (χ3n) is 3.25. The first-order valence-corrected chi connectivity index (χ1v) is 7.49. The maximum absolute atomic E-state index is 6.23. The predicted molar refractivity (Wildman–Crippen MR) is 86.1 cm³/mol. The Morgan fingerprint density at radius 1 is 1.05 bits per heavy atom. The van der Waals surface area contributed by atoms with E-state index in [-0.39, 0.29) is 6.04 Å². The van der Waals surface area contributed by atoms with Gasteiger partial charge in [0.2, 0.25) is 0 Å². The molecule has 3 rings (SSSR count). The number of hydrogen-bond donors (Lipinski definition) is 1. The zero-order valence-electron chi connectivity index (χ0n) is 11.4. The molecule has 3 aromatic rings. The van der Waals surface area contributed by atoms with Crippen molar-refractivity contribution in [1.82, 2.24) is 15.0 Å². The first-order chi connectivity index (χ1) is 10.2. The summed E-state index contributed by atoms with van der Waals surface area (Å²) in [6.07, 6.45) is 2.47. The van der Waals surface area contributed by atoms with Gasteiger partial charge in [0.05, 0.1) is 17.9 Å². The predicted octanol–water partition coefficient (Wildman–Crippen LogP) is 3.27. The van der Waals surface area contributed by atoms with Crippen molar-refractivity contribution >= 4 is 15.9 Å². The number of benzene rings is 2. The molecule has 1 aromatic heterocycles. The molecule has 0 saturated carbocycles. The number of nitrogens with two attached hydrogens (primary N) is 1. The van der Waals surface area contributed by atoms with Crippen LogP contribution >= 0.6 is 15.9 Å². The normalized spacial score (nSPS) is 12.3. The van der Waals surface area contributed by atoms with Gasteiger partial charge in [0.25, 0.3) is 0 Å². The quantitative estimate of drug-likeness (QED) is 0.791. The highest BCUT2D eigenvalue weighted by Crippen LogP contribution is 2.17. The molecule has 0 bridgehead atoms. The second kappa shape index (κ2) is 6.20. The molecule has 5 heteroatoms. The van der Waals surface area contributed by atoms with Gasteiger partial charge in [0, 0.05) is 4.47 Å². The van der Waals surface area contributed by atoms with Gasteiger partial charge in [-0.1, -0.05) is 46.3 Å². The Balaban J connectivity index is 1.75. The molecule has 21 heavy (non-hydrogen) atoms. The maximum atomic E-state index is 6.23. The highest BCUT2D eigenvalue weighted by molar-refractivity contribution is 9.10. The lowest BCUT2D eigenvalue weighted by molar-refractivity contribution is 0.666. The van der Waals surface area contributed by atoms with Gasteiger partial charge in [-0.25, -0.2) is 0 Å². The first kappa shape index (κ1) is 14.0. The number of halogens is 1. The second-order valence-electron chi connectivity index (χ2n) is 4.83. The lowest BCUT2D eigenvalue weighted by Crippen LogP contribution is -2.14. The van der Waals surface area contributed by atoms with E-state index in [2.05, 4.69) is 38.3 Å². The van der Waals surface area contributed by atoms with Crippen molar-refractivity contribution in [2.75, 3.05) is 0 Å². The Morgan fingerprint density at radius 3 is 2.48 bits per heavy atom. The molecule has 0 aliphatic heterocycles. The van der Waals surface area contributed by atoms with E-state index in [4.69, 9.17) is 5.73 Å². The number of aromatic nitrogens is 3. The van der Waals surface area contributed by atoms with Crippen LogP contribution in [0.1, 0.15) is 17.3 Å². The van der Waals surface area contributed by atoms with Crippen LogP contribution in [0.15, 0.2) is 65.3 Å². The fourth-order valence-electron chi connectivity index (χ4n) is 2.11. The van der Waals surface area contributed by atoms with Crippen molar-refractivity contribution in [1.29, 1.82) is 0 Å². The van der Waals surface area contributed by atoms with Crippen LogP contribution in [0.2, 0.25) is 0 Å². The van der Waals surface area contributed by atoms with Crippen LogP contribution in [0.3, 0.4) is 0 Å². The van der Waals surface area contributed by atoms with Crippen LogP contribution in [-0.4, -0.2) is 15.0 Å². The van der Waals surface area contributed by atoms with E-state index in [9.17, 15) is 0 Å². The lowest BCUT2D eigenvalue weighted by atomic mass is 10.1. The number of rotatable bonds is 4. The van der Waals surface area contributed by atoms with E-state index in [1.807, 2.05) is 42.5 Å². The minimum atomic E-state index is -0.163. The zero-order chi connectivity index (χ0) is 14.7. The molecule has 1 heterocycles. The summed E-state index contributed by atoms with van der Waals surface area (Å²) in [6, 6.07) is 17.8. The third kappa shape index (κ3) is 3.37. The molecular formula is C16H15BrN4. The smallest absolute Gasteiger partial charge is 0.100 e. The Kier molecular flexibility index (Phi) is 4.13. The van der Waals surface area contributed by atoms with Gasteiger partial charge in [-0.2, -0.15) is 15.0 Å². The van der Waals surface area contributed by atoms with Crippen molar-refractivity contribution in [3.05, 3.63) is 76.5 Å². The van der Waals surface area contributed by atoms with E-state index < -0.39 is 0 Å². The largest absolute Gasteiger partial charge is 0.322 e. The van der Waals surface area contributed by atoms with Gasteiger partial charge in [-0.3, -0.25) is 0 Å². The minimum Gasteiger partial charge on any atom is -0.322 e. The van der Waals surface area contributed by atoms with Gasteiger partial charge in [0.15, 0.2) is 0 Å². The second-order valence-corrected chi connectivity index (χ2v) is 5.75. The van der Waals surface area contributed by atoms with Crippen LogP contribution in [0.25, 0.3) is 5.69 Å². The van der Waals surface area contributed by atoms with Crippen LogP contribution in [-0.2, 0) is 6.42 Å². The van der Waals surface area contributed by atoms with Crippen molar-refractivity contribution in [3.8, 4) is 5.69 Å². The zero-order valence-corrected chi connectivity index (χ0v) is 12.9. The average molecular weight is 343 g/mol. The summed E-state index contributed by atoms with van der Waals surface area (Å²) in [5.41, 5.74) is 9.13. The average Bonchev–Trinajstić information content (AvgIpc) is 3.00. The van der Waals surface area contributed by atoms with Crippen molar-refractivity contribution in [2.45, 2.75) is 12.5 Å². The number of para-hydroxylation sites is 1. The summed E-state index contributed by atoms with van der Waals surface area (Å²) in [7, 11) is 0. The van der Waals surface area contributed by atoms with Gasteiger partial charge >= 0.3 is 0 Å². The molecule has 1 unspecified atom stereocenters. The molecule has 0 amide bonds. The molecule has 1 atom stereocenters. The van der Waals surface area contributed by atoms with E-state index >= 15 is 0 Å². The molecule has 2 N–H and O–H groups in total. The molecular weight excluding hydrogens is 328 g/mol. The Bertz CT molecular complexity index is 707. The van der Waals surface area contributed by atoms with E-state index in [0.29, 0.717) is 0 Å². The summed E-state index contributed by atoms with van der Waals surface area (Å²) < 4.78 is 1.06. The Labute approximate surface area is 131 Å². The van der Waals surface area contributed by atoms with Gasteiger partial charge < -0.3 is 5.73 Å². The minimum absolute atomic E-state index is 0.163. The Morgan fingerprint density at radius 2 is 1.76 bits per heavy atom. The first-order valence-electron chi connectivity index (χ1n) is 6.70. The van der Waals surface area contributed by atoms with E-state index in [1.54, 1.807) is 11.0 Å². The standard InChI is InChI=1S/C16H15BrN4/c17-13-8-6-12(7-9-13)10-15(18)16-11-19-21(20-16)14-4-2-1-3-5-14/h1-9,11,15H,10,18H2. The fraction of sp³-hybridized carbons (Fsp3) is 0.125. The van der Waals surface area contributed by atoms with Gasteiger partial charge in [-0.15, -0.1) is 0 Å². The van der Waals surface area contributed by atoms with Gasteiger partial charge in [0.1, 0.15) is 5.69 Å². The van der Waals surface area contributed by atoms with Crippen molar-refractivity contribution in [3.63, 3.8) is 0 Å². The van der Waals surface area contributed by atoms with Gasteiger partial charge in [-0.05, 0) is 36.2 Å². The molecule has 0 saturated heterocycles. The molecule has 106 valence electrons. The van der Waals surface area contributed by atoms with E-state index in [1.165, 1.54) is 5.56 Å². The molecule has 0 spiro atoms. The topological polar surface area (TPSA) is 56.7 Å². The van der Waals surface area contributed by atoms with Crippen LogP contribution in [0, 0.1) is 0 Å². The Hall–Kier alpha value is -1.98. The van der Waals surface area contributed by atoms with Crippen molar-refractivity contribution < 1.29 is 0 Å². The maximum Gasteiger partial charge on any atom is 0.100 e.